The van der Waals surface area contributed by atoms with E-state index in [-0.39, 0.29) is 0 Å². The standard InChI is InChI=1S/C19H19N/c20-14-17-12-7-13-18(15-8-3-1-4-9-15)19(17)16-10-5-2-6-11-16/h1,3-4,7-9,12-13,16H,2,5-6,10-11H2. The van der Waals surface area contributed by atoms with Crippen molar-refractivity contribution in [1.29, 1.82) is 5.26 Å². The molecule has 0 unspecified atom stereocenters. The van der Waals surface area contributed by atoms with Crippen molar-refractivity contribution in [2.24, 2.45) is 0 Å². The van der Waals surface area contributed by atoms with E-state index in [9.17, 15) is 5.26 Å². The van der Waals surface area contributed by atoms with Crippen LogP contribution in [-0.4, -0.2) is 0 Å². The summed E-state index contributed by atoms with van der Waals surface area (Å²) >= 11 is 0. The van der Waals surface area contributed by atoms with Gasteiger partial charge in [-0.15, -0.1) is 0 Å². The molecule has 1 fully saturated rings. The molecule has 0 amide bonds. The van der Waals surface area contributed by atoms with Crippen molar-refractivity contribution in [3.63, 3.8) is 0 Å². The zero-order valence-electron chi connectivity index (χ0n) is 11.7. The van der Waals surface area contributed by atoms with Gasteiger partial charge in [-0.05, 0) is 41.5 Å². The first kappa shape index (κ1) is 12.9. The van der Waals surface area contributed by atoms with Crippen molar-refractivity contribution in [2.45, 2.75) is 38.0 Å². The van der Waals surface area contributed by atoms with E-state index in [2.05, 4.69) is 36.4 Å². The number of nitrogens with zero attached hydrogens (tertiary/aromatic N) is 1. The normalized spacial score (nSPS) is 15.8. The Morgan fingerprint density at radius 1 is 0.850 bits per heavy atom. The number of rotatable bonds is 2. The minimum absolute atomic E-state index is 0.551. The molecule has 0 N–H and O–H groups in total. The van der Waals surface area contributed by atoms with Gasteiger partial charge in [-0.25, -0.2) is 0 Å². The molecule has 0 saturated heterocycles. The van der Waals surface area contributed by atoms with Gasteiger partial charge in [-0.1, -0.05) is 61.7 Å². The van der Waals surface area contributed by atoms with Crippen molar-refractivity contribution >= 4 is 0 Å². The molecule has 0 bridgehead atoms. The van der Waals surface area contributed by atoms with Crippen molar-refractivity contribution in [3.8, 4) is 17.2 Å². The van der Waals surface area contributed by atoms with Gasteiger partial charge in [0, 0.05) is 0 Å². The van der Waals surface area contributed by atoms with Crippen LogP contribution >= 0.6 is 0 Å². The number of hydrogen-bond donors (Lipinski definition) is 0. The van der Waals surface area contributed by atoms with Crippen LogP contribution < -0.4 is 0 Å². The lowest BCUT2D eigenvalue weighted by molar-refractivity contribution is 0.444. The highest BCUT2D eigenvalue weighted by atomic mass is 14.3. The van der Waals surface area contributed by atoms with E-state index in [1.165, 1.54) is 48.8 Å². The summed E-state index contributed by atoms with van der Waals surface area (Å²) in [4.78, 5) is 0. The van der Waals surface area contributed by atoms with Gasteiger partial charge in [0.05, 0.1) is 11.6 Å². The van der Waals surface area contributed by atoms with E-state index in [0.717, 1.165) is 5.56 Å². The summed E-state index contributed by atoms with van der Waals surface area (Å²) in [6.07, 6.45) is 6.36. The van der Waals surface area contributed by atoms with Crippen LogP contribution in [0, 0.1) is 11.3 Å². The Hall–Kier alpha value is -2.07. The molecule has 1 nitrogen and oxygen atoms in total. The molecule has 1 heteroatoms. The van der Waals surface area contributed by atoms with Gasteiger partial charge in [-0.3, -0.25) is 0 Å². The smallest absolute Gasteiger partial charge is 0.0994 e. The Morgan fingerprint density at radius 3 is 2.30 bits per heavy atom. The van der Waals surface area contributed by atoms with Crippen LogP contribution in [0.4, 0.5) is 0 Å². The summed E-state index contributed by atoms with van der Waals surface area (Å²) in [7, 11) is 0. The van der Waals surface area contributed by atoms with E-state index in [0.29, 0.717) is 5.92 Å². The molecule has 1 aliphatic carbocycles. The summed E-state index contributed by atoms with van der Waals surface area (Å²) in [6, 6.07) is 19.0. The third-order valence-corrected chi connectivity index (χ3v) is 4.32. The molecule has 100 valence electrons. The highest BCUT2D eigenvalue weighted by molar-refractivity contribution is 5.71. The molecule has 3 rings (SSSR count). The van der Waals surface area contributed by atoms with Crippen molar-refractivity contribution < 1.29 is 0 Å². The Balaban J connectivity index is 2.12. The van der Waals surface area contributed by atoms with Crippen molar-refractivity contribution in [1.82, 2.24) is 0 Å². The lowest BCUT2D eigenvalue weighted by Gasteiger charge is -2.25. The molecule has 0 aliphatic heterocycles. The maximum absolute atomic E-state index is 9.47. The highest BCUT2D eigenvalue weighted by Gasteiger charge is 2.21. The van der Waals surface area contributed by atoms with Gasteiger partial charge in [0.1, 0.15) is 0 Å². The first-order valence-electron chi connectivity index (χ1n) is 7.48. The predicted molar refractivity (Wildman–Crippen MR) is 82.4 cm³/mol. The zero-order valence-corrected chi connectivity index (χ0v) is 11.7. The topological polar surface area (TPSA) is 23.8 Å². The predicted octanol–water partition coefficient (Wildman–Crippen LogP) is 5.27. The maximum atomic E-state index is 9.47. The zero-order chi connectivity index (χ0) is 13.8. The Labute approximate surface area is 120 Å². The van der Waals surface area contributed by atoms with Crippen LogP contribution in [0.15, 0.2) is 48.5 Å². The van der Waals surface area contributed by atoms with Crippen LogP contribution in [0.2, 0.25) is 0 Å². The molecule has 0 aromatic heterocycles. The molecule has 2 aromatic carbocycles. The molecule has 0 radical (unpaired) electrons. The number of nitriles is 1. The lowest BCUT2D eigenvalue weighted by Crippen LogP contribution is -2.08. The summed E-state index contributed by atoms with van der Waals surface area (Å²) in [5.74, 6) is 0.551. The van der Waals surface area contributed by atoms with E-state index in [4.69, 9.17) is 0 Å². The molecule has 1 saturated carbocycles. The third-order valence-electron chi connectivity index (χ3n) is 4.32. The van der Waals surface area contributed by atoms with Gasteiger partial charge < -0.3 is 0 Å². The quantitative estimate of drug-likeness (QED) is 0.722. The first-order chi connectivity index (χ1) is 9.90. The molecule has 20 heavy (non-hydrogen) atoms. The van der Waals surface area contributed by atoms with Crippen LogP contribution in [0.3, 0.4) is 0 Å². The first-order valence-corrected chi connectivity index (χ1v) is 7.48. The minimum Gasteiger partial charge on any atom is -0.192 e. The van der Waals surface area contributed by atoms with Crippen LogP contribution in [0.5, 0.6) is 0 Å². The maximum Gasteiger partial charge on any atom is 0.0994 e. The molecular formula is C19H19N. The second-order valence-electron chi connectivity index (χ2n) is 5.58. The van der Waals surface area contributed by atoms with Gasteiger partial charge >= 0.3 is 0 Å². The molecule has 0 atom stereocenters. The van der Waals surface area contributed by atoms with Gasteiger partial charge in [0.2, 0.25) is 0 Å². The fourth-order valence-corrected chi connectivity index (χ4v) is 3.36. The van der Waals surface area contributed by atoms with E-state index in [1.54, 1.807) is 0 Å². The molecule has 1 aliphatic rings. The number of benzene rings is 2. The average molecular weight is 261 g/mol. The van der Waals surface area contributed by atoms with E-state index >= 15 is 0 Å². The third kappa shape index (κ3) is 2.47. The number of hydrogen-bond acceptors (Lipinski definition) is 1. The Morgan fingerprint density at radius 2 is 1.60 bits per heavy atom. The summed E-state index contributed by atoms with van der Waals surface area (Å²) in [5, 5.41) is 9.47. The van der Waals surface area contributed by atoms with Gasteiger partial charge in [0.15, 0.2) is 0 Å². The van der Waals surface area contributed by atoms with E-state index in [1.807, 2.05) is 18.2 Å². The summed E-state index contributed by atoms with van der Waals surface area (Å²) in [6.45, 7) is 0. The second kappa shape index (κ2) is 5.92. The van der Waals surface area contributed by atoms with E-state index < -0.39 is 0 Å². The Kier molecular flexibility index (Phi) is 3.83. The molecular weight excluding hydrogens is 242 g/mol. The van der Waals surface area contributed by atoms with Crippen LogP contribution in [0.25, 0.3) is 11.1 Å². The lowest BCUT2D eigenvalue weighted by atomic mass is 9.79. The fraction of sp³-hybridized carbons (Fsp3) is 0.316. The summed E-state index contributed by atoms with van der Waals surface area (Å²) < 4.78 is 0. The summed E-state index contributed by atoms with van der Waals surface area (Å²) in [5.41, 5.74) is 4.61. The minimum atomic E-state index is 0.551. The van der Waals surface area contributed by atoms with Crippen LogP contribution in [0.1, 0.15) is 49.1 Å². The Bertz CT molecular complexity index is 616. The highest BCUT2D eigenvalue weighted by Crippen LogP contribution is 2.39. The van der Waals surface area contributed by atoms with Crippen LogP contribution in [-0.2, 0) is 0 Å². The van der Waals surface area contributed by atoms with Crippen molar-refractivity contribution in [3.05, 3.63) is 59.7 Å². The second-order valence-corrected chi connectivity index (χ2v) is 5.58. The molecule has 0 spiro atoms. The van der Waals surface area contributed by atoms with Gasteiger partial charge in [-0.2, -0.15) is 5.26 Å². The molecule has 2 aromatic rings. The largest absolute Gasteiger partial charge is 0.192 e. The average Bonchev–Trinajstić information content (AvgIpc) is 2.55. The molecule has 0 heterocycles. The van der Waals surface area contributed by atoms with Crippen molar-refractivity contribution in [2.75, 3.05) is 0 Å². The van der Waals surface area contributed by atoms with Gasteiger partial charge in [0.25, 0.3) is 0 Å². The monoisotopic (exact) mass is 261 g/mol. The SMILES string of the molecule is N#Cc1cccc(-c2ccccc2)c1C1CCCCC1. The fourth-order valence-electron chi connectivity index (χ4n) is 3.36.